The minimum Gasteiger partial charge on any atom is -0.348 e. The van der Waals surface area contributed by atoms with Crippen molar-refractivity contribution in [3.63, 3.8) is 0 Å². The van der Waals surface area contributed by atoms with Gasteiger partial charge in [-0.05, 0) is 42.5 Å². The number of thiophene rings is 1. The van der Waals surface area contributed by atoms with Crippen LogP contribution in [-0.4, -0.2) is 11.9 Å². The van der Waals surface area contributed by atoms with E-state index in [4.69, 9.17) is 0 Å². The molecular formula is C16H18FN3OS. The molecule has 1 fully saturated rings. The highest BCUT2D eigenvalue weighted by Crippen LogP contribution is 2.26. The molecule has 0 saturated carbocycles. The average molecular weight is 319 g/mol. The Labute approximate surface area is 132 Å². The highest BCUT2D eigenvalue weighted by Gasteiger charge is 2.31. The molecule has 3 atom stereocenters. The topological polar surface area (TPSA) is 53.2 Å². The molecule has 22 heavy (non-hydrogen) atoms. The molecule has 1 aromatic carbocycles. The number of hydrogen-bond acceptors (Lipinski definition) is 4. The average Bonchev–Trinajstić information content (AvgIpc) is 3.19. The molecule has 0 spiro atoms. The summed E-state index contributed by atoms with van der Waals surface area (Å²) in [7, 11) is 0. The molecule has 1 aromatic heterocycles. The molecule has 2 aromatic rings. The van der Waals surface area contributed by atoms with E-state index >= 15 is 0 Å². The van der Waals surface area contributed by atoms with Crippen LogP contribution in [0.15, 0.2) is 41.8 Å². The van der Waals surface area contributed by atoms with Crippen LogP contribution >= 0.6 is 11.3 Å². The van der Waals surface area contributed by atoms with Gasteiger partial charge in [0, 0.05) is 4.88 Å². The first-order valence-corrected chi connectivity index (χ1v) is 8.12. The van der Waals surface area contributed by atoms with Crippen molar-refractivity contribution >= 4 is 17.2 Å². The van der Waals surface area contributed by atoms with E-state index in [1.807, 2.05) is 18.4 Å². The van der Waals surface area contributed by atoms with Gasteiger partial charge in [-0.25, -0.2) is 15.2 Å². The second-order valence-corrected chi connectivity index (χ2v) is 6.41. The second-order valence-electron chi connectivity index (χ2n) is 5.43. The Hall–Kier alpha value is -1.76. The van der Waals surface area contributed by atoms with Gasteiger partial charge in [-0.15, -0.1) is 11.3 Å². The number of hydrogen-bond donors (Lipinski definition) is 3. The molecule has 3 unspecified atom stereocenters. The SMILES string of the molecule is CC(NC(=O)C1CC(c2cccs2)NN1)c1ccc(F)cc1. The largest absolute Gasteiger partial charge is 0.348 e. The Morgan fingerprint density at radius 1 is 1.32 bits per heavy atom. The summed E-state index contributed by atoms with van der Waals surface area (Å²) in [5, 5.41) is 4.99. The Balaban J connectivity index is 1.57. The summed E-state index contributed by atoms with van der Waals surface area (Å²) in [6, 6.07) is 9.99. The van der Waals surface area contributed by atoms with Crippen LogP contribution < -0.4 is 16.2 Å². The molecule has 6 heteroatoms. The van der Waals surface area contributed by atoms with Gasteiger partial charge in [0.25, 0.3) is 0 Å². The quantitative estimate of drug-likeness (QED) is 0.812. The third kappa shape index (κ3) is 3.35. The van der Waals surface area contributed by atoms with Crippen molar-refractivity contribution in [2.24, 2.45) is 0 Å². The Morgan fingerprint density at radius 3 is 2.77 bits per heavy atom. The Kier molecular flexibility index (Phi) is 4.52. The van der Waals surface area contributed by atoms with Crippen molar-refractivity contribution in [2.45, 2.75) is 31.5 Å². The van der Waals surface area contributed by atoms with Crippen molar-refractivity contribution in [2.75, 3.05) is 0 Å². The molecule has 116 valence electrons. The number of carbonyl (C=O) groups is 1. The lowest BCUT2D eigenvalue weighted by atomic mass is 10.1. The summed E-state index contributed by atoms with van der Waals surface area (Å²) in [6.45, 7) is 1.89. The number of rotatable bonds is 4. The maximum absolute atomic E-state index is 12.9. The first-order valence-electron chi connectivity index (χ1n) is 7.24. The van der Waals surface area contributed by atoms with Crippen LogP contribution in [-0.2, 0) is 4.79 Å². The molecule has 3 N–H and O–H groups in total. The fourth-order valence-corrected chi connectivity index (χ4v) is 3.34. The summed E-state index contributed by atoms with van der Waals surface area (Å²) in [5.41, 5.74) is 7.09. The van der Waals surface area contributed by atoms with Crippen LogP contribution in [0.25, 0.3) is 0 Å². The summed E-state index contributed by atoms with van der Waals surface area (Å²) >= 11 is 1.68. The van der Waals surface area contributed by atoms with Crippen molar-refractivity contribution < 1.29 is 9.18 Å². The number of hydrazine groups is 1. The summed E-state index contributed by atoms with van der Waals surface area (Å²) in [5.74, 6) is -0.328. The van der Waals surface area contributed by atoms with Crippen molar-refractivity contribution in [1.29, 1.82) is 0 Å². The van der Waals surface area contributed by atoms with Crippen molar-refractivity contribution in [1.82, 2.24) is 16.2 Å². The second kappa shape index (κ2) is 6.56. The standard InChI is InChI=1S/C16H18FN3OS/c1-10(11-4-6-12(17)7-5-11)18-16(21)14-9-13(19-20-14)15-3-2-8-22-15/h2-8,10,13-14,19-20H,9H2,1H3,(H,18,21). The molecule has 2 heterocycles. The molecule has 1 amide bonds. The molecule has 1 saturated heterocycles. The zero-order valence-electron chi connectivity index (χ0n) is 12.2. The van der Waals surface area contributed by atoms with Gasteiger partial charge in [0.15, 0.2) is 0 Å². The minimum absolute atomic E-state index is 0.0524. The van der Waals surface area contributed by atoms with Gasteiger partial charge < -0.3 is 5.32 Å². The van der Waals surface area contributed by atoms with Crippen LogP contribution in [0.1, 0.15) is 35.9 Å². The van der Waals surface area contributed by atoms with Crippen molar-refractivity contribution in [3.05, 3.63) is 58.0 Å². The third-order valence-electron chi connectivity index (χ3n) is 3.84. The predicted molar refractivity (Wildman–Crippen MR) is 84.7 cm³/mol. The van der Waals surface area contributed by atoms with Crippen LogP contribution in [0, 0.1) is 5.82 Å². The van der Waals surface area contributed by atoms with E-state index in [2.05, 4.69) is 22.2 Å². The van der Waals surface area contributed by atoms with E-state index < -0.39 is 0 Å². The van der Waals surface area contributed by atoms with Crippen LogP contribution in [0.4, 0.5) is 4.39 Å². The molecule has 1 aliphatic heterocycles. The van der Waals surface area contributed by atoms with Crippen LogP contribution in [0.5, 0.6) is 0 Å². The molecule has 0 aliphatic carbocycles. The van der Waals surface area contributed by atoms with Gasteiger partial charge in [0.2, 0.25) is 5.91 Å². The molecular weight excluding hydrogens is 301 g/mol. The number of carbonyl (C=O) groups excluding carboxylic acids is 1. The van der Waals surface area contributed by atoms with E-state index in [1.165, 1.54) is 17.0 Å². The smallest absolute Gasteiger partial charge is 0.239 e. The van der Waals surface area contributed by atoms with Gasteiger partial charge in [-0.2, -0.15) is 0 Å². The van der Waals surface area contributed by atoms with E-state index in [1.54, 1.807) is 23.5 Å². The Bertz CT molecular complexity index is 629. The van der Waals surface area contributed by atoms with E-state index in [0.717, 1.165) is 5.56 Å². The monoisotopic (exact) mass is 319 g/mol. The normalized spacial score (nSPS) is 22.5. The summed E-state index contributed by atoms with van der Waals surface area (Å²) in [6.07, 6.45) is 0.711. The maximum atomic E-state index is 12.9. The molecule has 0 bridgehead atoms. The fourth-order valence-electron chi connectivity index (χ4n) is 2.55. The number of nitrogens with one attached hydrogen (secondary N) is 3. The first-order chi connectivity index (χ1) is 10.6. The fraction of sp³-hybridized carbons (Fsp3) is 0.312. The van der Waals surface area contributed by atoms with Gasteiger partial charge >= 0.3 is 0 Å². The number of halogens is 1. The van der Waals surface area contributed by atoms with E-state index in [9.17, 15) is 9.18 Å². The van der Waals surface area contributed by atoms with Gasteiger partial charge in [0.1, 0.15) is 11.9 Å². The lowest BCUT2D eigenvalue weighted by Gasteiger charge is -2.17. The van der Waals surface area contributed by atoms with Crippen LogP contribution in [0.2, 0.25) is 0 Å². The summed E-state index contributed by atoms with van der Waals surface area (Å²) in [4.78, 5) is 13.5. The summed E-state index contributed by atoms with van der Waals surface area (Å²) < 4.78 is 12.9. The lowest BCUT2D eigenvalue weighted by molar-refractivity contribution is -0.123. The van der Waals surface area contributed by atoms with E-state index in [-0.39, 0.29) is 29.8 Å². The highest BCUT2D eigenvalue weighted by molar-refractivity contribution is 7.10. The van der Waals surface area contributed by atoms with Gasteiger partial charge in [-0.1, -0.05) is 18.2 Å². The van der Waals surface area contributed by atoms with Crippen LogP contribution in [0.3, 0.4) is 0 Å². The lowest BCUT2D eigenvalue weighted by Crippen LogP contribution is -2.43. The van der Waals surface area contributed by atoms with Crippen molar-refractivity contribution in [3.8, 4) is 0 Å². The molecule has 4 nitrogen and oxygen atoms in total. The molecule has 1 aliphatic rings. The molecule has 0 radical (unpaired) electrons. The highest BCUT2D eigenvalue weighted by atomic mass is 32.1. The van der Waals surface area contributed by atoms with Gasteiger partial charge in [0.05, 0.1) is 12.1 Å². The van der Waals surface area contributed by atoms with Gasteiger partial charge in [-0.3, -0.25) is 4.79 Å². The zero-order chi connectivity index (χ0) is 15.5. The molecule has 3 rings (SSSR count). The number of benzene rings is 1. The minimum atomic E-state index is -0.275. The first kappa shape index (κ1) is 15.1. The predicted octanol–water partition coefficient (Wildman–Crippen LogP) is 2.67. The number of amides is 1. The Morgan fingerprint density at radius 2 is 2.09 bits per heavy atom. The third-order valence-corrected chi connectivity index (χ3v) is 4.82. The zero-order valence-corrected chi connectivity index (χ0v) is 13.0. The maximum Gasteiger partial charge on any atom is 0.239 e. The van der Waals surface area contributed by atoms with E-state index in [0.29, 0.717) is 6.42 Å².